The third-order valence-electron chi connectivity index (χ3n) is 2.63. The zero-order chi connectivity index (χ0) is 12.1. The van der Waals surface area contributed by atoms with Crippen molar-refractivity contribution >= 4 is 17.2 Å². The molecule has 2 unspecified atom stereocenters. The smallest absolute Gasteiger partial charge is 0.222 e. The van der Waals surface area contributed by atoms with Crippen molar-refractivity contribution in [2.75, 3.05) is 19.8 Å². The molecule has 1 amide bonds. The van der Waals surface area contributed by atoms with E-state index in [4.69, 9.17) is 4.74 Å². The molecule has 17 heavy (non-hydrogen) atoms. The first kappa shape index (κ1) is 12.5. The van der Waals surface area contributed by atoms with Gasteiger partial charge in [-0.2, -0.15) is 0 Å². The van der Waals surface area contributed by atoms with Crippen LogP contribution >= 0.6 is 11.3 Å². The predicted octanol–water partition coefficient (Wildman–Crippen LogP) is 0.699. The molecule has 0 aromatic carbocycles. The molecule has 5 nitrogen and oxygen atoms in total. The van der Waals surface area contributed by atoms with Crippen molar-refractivity contribution in [3.8, 4) is 0 Å². The fourth-order valence-electron chi connectivity index (χ4n) is 1.79. The van der Waals surface area contributed by atoms with Gasteiger partial charge in [0.05, 0.1) is 19.3 Å². The van der Waals surface area contributed by atoms with Crippen LogP contribution < -0.4 is 10.6 Å². The van der Waals surface area contributed by atoms with E-state index in [0.29, 0.717) is 13.0 Å². The van der Waals surface area contributed by atoms with E-state index in [1.807, 2.05) is 12.3 Å². The number of amides is 1. The van der Waals surface area contributed by atoms with Crippen LogP contribution in [0.5, 0.6) is 0 Å². The fourth-order valence-corrected chi connectivity index (χ4v) is 2.43. The van der Waals surface area contributed by atoms with Gasteiger partial charge in [-0.25, -0.2) is 4.98 Å². The lowest BCUT2D eigenvalue weighted by molar-refractivity contribution is -0.122. The minimum absolute atomic E-state index is 0.0213. The predicted molar refractivity (Wildman–Crippen MR) is 65.9 cm³/mol. The molecule has 94 valence electrons. The summed E-state index contributed by atoms with van der Waals surface area (Å²) >= 11 is 1.55. The average Bonchev–Trinajstić information content (AvgIpc) is 2.83. The van der Waals surface area contributed by atoms with Crippen LogP contribution in [0.25, 0.3) is 0 Å². The van der Waals surface area contributed by atoms with Crippen LogP contribution in [0.15, 0.2) is 11.6 Å². The standard InChI is InChI=1S/C11H17N3O2S/c1-8(11-13-3-5-17-11)14-10(15)6-9-7-16-4-2-12-9/h3,5,8-9,12H,2,4,6-7H2,1H3,(H,14,15). The maximum Gasteiger partial charge on any atom is 0.222 e. The van der Waals surface area contributed by atoms with Gasteiger partial charge in [0, 0.05) is 30.6 Å². The molecule has 2 rings (SSSR count). The van der Waals surface area contributed by atoms with Crippen molar-refractivity contribution in [1.82, 2.24) is 15.6 Å². The van der Waals surface area contributed by atoms with Crippen molar-refractivity contribution in [3.63, 3.8) is 0 Å². The van der Waals surface area contributed by atoms with Gasteiger partial charge in [-0.1, -0.05) is 0 Å². The van der Waals surface area contributed by atoms with Gasteiger partial charge in [0.15, 0.2) is 0 Å². The number of thiazole rings is 1. The number of morpholine rings is 1. The van der Waals surface area contributed by atoms with E-state index in [0.717, 1.165) is 18.2 Å². The number of ether oxygens (including phenoxy) is 1. The highest BCUT2D eigenvalue weighted by molar-refractivity contribution is 7.09. The van der Waals surface area contributed by atoms with Crippen molar-refractivity contribution in [1.29, 1.82) is 0 Å². The topological polar surface area (TPSA) is 63.2 Å². The van der Waals surface area contributed by atoms with Crippen LogP contribution in [0.1, 0.15) is 24.4 Å². The fraction of sp³-hybridized carbons (Fsp3) is 0.636. The van der Waals surface area contributed by atoms with Crippen LogP contribution in [0.2, 0.25) is 0 Å². The summed E-state index contributed by atoms with van der Waals surface area (Å²) in [5.41, 5.74) is 0. The summed E-state index contributed by atoms with van der Waals surface area (Å²) in [7, 11) is 0. The number of rotatable bonds is 4. The monoisotopic (exact) mass is 255 g/mol. The van der Waals surface area contributed by atoms with Crippen LogP contribution in [0.4, 0.5) is 0 Å². The Morgan fingerprint density at radius 2 is 2.71 bits per heavy atom. The van der Waals surface area contributed by atoms with E-state index < -0.39 is 0 Å². The molecular formula is C11H17N3O2S. The molecule has 0 spiro atoms. The van der Waals surface area contributed by atoms with Crippen molar-refractivity contribution < 1.29 is 9.53 Å². The second-order valence-corrected chi connectivity index (χ2v) is 5.02. The molecule has 1 aliphatic rings. The third-order valence-corrected chi connectivity index (χ3v) is 3.59. The van der Waals surface area contributed by atoms with Gasteiger partial charge >= 0.3 is 0 Å². The van der Waals surface area contributed by atoms with Crippen LogP contribution in [0, 0.1) is 0 Å². The largest absolute Gasteiger partial charge is 0.378 e. The molecule has 2 heterocycles. The minimum Gasteiger partial charge on any atom is -0.378 e. The summed E-state index contributed by atoms with van der Waals surface area (Å²) in [5.74, 6) is 0.0377. The van der Waals surface area contributed by atoms with Gasteiger partial charge in [-0.05, 0) is 6.92 Å². The molecule has 6 heteroatoms. The van der Waals surface area contributed by atoms with Gasteiger partial charge in [-0.15, -0.1) is 11.3 Å². The zero-order valence-corrected chi connectivity index (χ0v) is 10.6. The van der Waals surface area contributed by atoms with Crippen LogP contribution in [0.3, 0.4) is 0 Å². The van der Waals surface area contributed by atoms with E-state index in [-0.39, 0.29) is 18.0 Å². The van der Waals surface area contributed by atoms with Crippen molar-refractivity contribution in [3.05, 3.63) is 16.6 Å². The van der Waals surface area contributed by atoms with Gasteiger partial charge < -0.3 is 15.4 Å². The molecule has 0 aliphatic carbocycles. The van der Waals surface area contributed by atoms with E-state index in [2.05, 4.69) is 15.6 Å². The molecule has 0 bridgehead atoms. The molecule has 1 aliphatic heterocycles. The second-order valence-electron chi connectivity index (χ2n) is 4.09. The molecule has 0 radical (unpaired) electrons. The van der Waals surface area contributed by atoms with E-state index >= 15 is 0 Å². The number of hydrogen-bond acceptors (Lipinski definition) is 5. The lowest BCUT2D eigenvalue weighted by Gasteiger charge is -2.23. The summed E-state index contributed by atoms with van der Waals surface area (Å²) in [4.78, 5) is 16.0. The normalized spacial score (nSPS) is 22.1. The van der Waals surface area contributed by atoms with Gasteiger partial charge in [0.25, 0.3) is 0 Å². The van der Waals surface area contributed by atoms with E-state index in [1.165, 1.54) is 0 Å². The number of nitrogens with one attached hydrogen (secondary N) is 2. The SMILES string of the molecule is CC(NC(=O)CC1COCCN1)c1nccs1. The minimum atomic E-state index is -0.0213. The Hall–Kier alpha value is -0.980. The highest BCUT2D eigenvalue weighted by Crippen LogP contribution is 2.14. The van der Waals surface area contributed by atoms with Gasteiger partial charge in [-0.3, -0.25) is 4.79 Å². The molecule has 1 fully saturated rings. The molecular weight excluding hydrogens is 238 g/mol. The summed E-state index contributed by atoms with van der Waals surface area (Å²) in [5, 5.41) is 9.05. The maximum absolute atomic E-state index is 11.8. The molecule has 1 saturated heterocycles. The molecule has 2 N–H and O–H groups in total. The van der Waals surface area contributed by atoms with Crippen molar-refractivity contribution in [2.45, 2.75) is 25.4 Å². The first-order chi connectivity index (χ1) is 8.25. The Bertz CT molecular complexity index is 350. The number of nitrogens with zero attached hydrogens (tertiary/aromatic N) is 1. The molecule has 2 atom stereocenters. The number of carbonyl (C=O) groups excluding carboxylic acids is 1. The van der Waals surface area contributed by atoms with Crippen LogP contribution in [-0.2, 0) is 9.53 Å². The lowest BCUT2D eigenvalue weighted by atomic mass is 10.2. The van der Waals surface area contributed by atoms with Crippen LogP contribution in [-0.4, -0.2) is 36.7 Å². The Morgan fingerprint density at radius 1 is 1.82 bits per heavy atom. The third kappa shape index (κ3) is 3.76. The maximum atomic E-state index is 11.8. The van der Waals surface area contributed by atoms with E-state index in [9.17, 15) is 4.79 Å². The Balaban J connectivity index is 1.76. The van der Waals surface area contributed by atoms with Crippen molar-refractivity contribution in [2.24, 2.45) is 0 Å². The summed E-state index contributed by atoms with van der Waals surface area (Å²) < 4.78 is 5.31. The molecule has 1 aromatic rings. The highest BCUT2D eigenvalue weighted by Gasteiger charge is 2.18. The summed E-state index contributed by atoms with van der Waals surface area (Å²) in [6, 6.07) is 0.110. The second kappa shape index (κ2) is 6.09. The first-order valence-corrected chi connectivity index (χ1v) is 6.63. The lowest BCUT2D eigenvalue weighted by Crippen LogP contribution is -2.44. The average molecular weight is 255 g/mol. The Kier molecular flexibility index (Phi) is 4.47. The summed E-state index contributed by atoms with van der Waals surface area (Å²) in [6.45, 7) is 4.11. The van der Waals surface area contributed by atoms with Gasteiger partial charge in [0.2, 0.25) is 5.91 Å². The quantitative estimate of drug-likeness (QED) is 0.831. The van der Waals surface area contributed by atoms with E-state index in [1.54, 1.807) is 17.5 Å². The Morgan fingerprint density at radius 3 is 3.35 bits per heavy atom. The molecule has 1 aromatic heterocycles. The number of hydrogen-bond donors (Lipinski definition) is 2. The number of aromatic nitrogens is 1. The Labute approximate surface area is 105 Å². The number of carbonyl (C=O) groups is 1. The zero-order valence-electron chi connectivity index (χ0n) is 9.81. The first-order valence-electron chi connectivity index (χ1n) is 5.75. The molecule has 0 saturated carbocycles. The van der Waals surface area contributed by atoms with Gasteiger partial charge in [0.1, 0.15) is 5.01 Å². The highest BCUT2D eigenvalue weighted by atomic mass is 32.1. The summed E-state index contributed by atoms with van der Waals surface area (Å²) in [6.07, 6.45) is 2.20.